The Kier molecular flexibility index (Phi) is 7.82. The number of thioether (sulfide) groups is 2. The third-order valence-corrected chi connectivity index (χ3v) is 7.15. The summed E-state index contributed by atoms with van der Waals surface area (Å²) in [7, 11) is 4.76. The summed E-state index contributed by atoms with van der Waals surface area (Å²) < 4.78 is 10.3. The molecule has 186 valence electrons. The summed E-state index contributed by atoms with van der Waals surface area (Å²) in [4.78, 5) is 55.0. The first-order valence-corrected chi connectivity index (χ1v) is 12.4. The monoisotopic (exact) mass is 525 g/mol. The van der Waals surface area contributed by atoms with Crippen molar-refractivity contribution in [1.29, 1.82) is 0 Å². The van der Waals surface area contributed by atoms with Gasteiger partial charge in [0.05, 0.1) is 37.4 Å². The Bertz CT molecular complexity index is 1160. The number of carbonyl (C=O) groups is 4. The Morgan fingerprint density at radius 2 is 1.06 bits per heavy atom. The lowest BCUT2D eigenvalue weighted by molar-refractivity contribution is -0.125. The molecule has 0 aromatic heterocycles. The van der Waals surface area contributed by atoms with Crippen molar-refractivity contribution in [2.45, 2.75) is 0 Å². The molecule has 2 aromatic rings. The number of hydrogen-bond acceptors (Lipinski definition) is 9. The van der Waals surface area contributed by atoms with E-state index in [0.717, 1.165) is 44.5 Å². The van der Waals surface area contributed by atoms with Crippen molar-refractivity contribution in [3.8, 4) is 11.5 Å². The molecule has 0 saturated carbocycles. The second-order valence-corrected chi connectivity index (χ2v) is 9.89. The van der Waals surface area contributed by atoms with Crippen LogP contribution >= 0.6 is 23.5 Å². The largest absolute Gasteiger partial charge is 0.497 e. The number of amides is 4. The van der Waals surface area contributed by atoms with E-state index >= 15 is 0 Å². The normalized spacial score (nSPS) is 18.3. The highest BCUT2D eigenvalue weighted by Crippen LogP contribution is 2.34. The van der Waals surface area contributed by atoms with Crippen molar-refractivity contribution in [3.05, 3.63) is 69.5 Å². The van der Waals surface area contributed by atoms with E-state index in [1.807, 2.05) is 0 Å². The van der Waals surface area contributed by atoms with Crippen LogP contribution in [0.2, 0.25) is 0 Å². The lowest BCUT2D eigenvalue weighted by Gasteiger charge is -2.25. The SMILES string of the molecule is COc1ccc(/C=C2\SC(=O)N(CN(C)CN3C(=O)S/C(=C\c4ccc(OC)cc4)C3=O)C2=O)cc1. The van der Waals surface area contributed by atoms with Gasteiger partial charge in [0.15, 0.2) is 0 Å². The topological polar surface area (TPSA) is 96.5 Å². The smallest absolute Gasteiger partial charge is 0.294 e. The zero-order valence-corrected chi connectivity index (χ0v) is 21.4. The number of imide groups is 2. The second kappa shape index (κ2) is 11.0. The maximum atomic E-state index is 12.8. The molecule has 11 heteroatoms. The van der Waals surface area contributed by atoms with Crippen molar-refractivity contribution < 1.29 is 28.7 Å². The minimum absolute atomic E-state index is 0.0656. The maximum absolute atomic E-state index is 12.8. The molecule has 2 aliphatic heterocycles. The molecule has 9 nitrogen and oxygen atoms in total. The predicted molar refractivity (Wildman–Crippen MR) is 139 cm³/mol. The van der Waals surface area contributed by atoms with Crippen LogP contribution in [-0.2, 0) is 9.59 Å². The first-order valence-electron chi connectivity index (χ1n) is 10.8. The average Bonchev–Trinajstić information content (AvgIpc) is 3.29. The quantitative estimate of drug-likeness (QED) is 0.467. The summed E-state index contributed by atoms with van der Waals surface area (Å²) in [6, 6.07) is 14.2. The van der Waals surface area contributed by atoms with Crippen molar-refractivity contribution in [1.82, 2.24) is 14.7 Å². The van der Waals surface area contributed by atoms with Gasteiger partial charge in [-0.3, -0.25) is 33.9 Å². The fraction of sp³-hybridized carbons (Fsp3) is 0.200. The number of benzene rings is 2. The Morgan fingerprint density at radius 1 is 0.694 bits per heavy atom. The number of hydrogen-bond donors (Lipinski definition) is 0. The minimum Gasteiger partial charge on any atom is -0.497 e. The summed E-state index contributed by atoms with van der Waals surface area (Å²) in [5.41, 5.74) is 1.52. The summed E-state index contributed by atoms with van der Waals surface area (Å²) in [6.45, 7) is -0.131. The van der Waals surface area contributed by atoms with Crippen LogP contribution in [0.15, 0.2) is 58.3 Å². The molecule has 36 heavy (non-hydrogen) atoms. The molecule has 0 unspecified atom stereocenters. The average molecular weight is 526 g/mol. The molecule has 2 saturated heterocycles. The highest BCUT2D eigenvalue weighted by atomic mass is 32.2. The Balaban J connectivity index is 1.39. The third-order valence-electron chi connectivity index (χ3n) is 5.34. The molecular weight excluding hydrogens is 502 g/mol. The number of carbonyl (C=O) groups excluding carboxylic acids is 4. The first-order chi connectivity index (χ1) is 17.3. The van der Waals surface area contributed by atoms with E-state index in [-0.39, 0.29) is 13.3 Å². The molecule has 2 aromatic carbocycles. The van der Waals surface area contributed by atoms with Gasteiger partial charge in [0.1, 0.15) is 11.5 Å². The molecule has 0 bridgehead atoms. The number of rotatable bonds is 8. The molecule has 4 rings (SSSR count). The molecule has 0 N–H and O–H groups in total. The summed E-state index contributed by atoms with van der Waals surface area (Å²) in [5.74, 6) is 0.517. The van der Waals surface area contributed by atoms with Crippen LogP contribution < -0.4 is 9.47 Å². The third kappa shape index (κ3) is 5.64. The number of methoxy groups -OCH3 is 2. The van der Waals surface area contributed by atoms with Gasteiger partial charge in [-0.1, -0.05) is 24.3 Å². The van der Waals surface area contributed by atoms with E-state index in [4.69, 9.17) is 9.47 Å². The zero-order valence-electron chi connectivity index (χ0n) is 19.8. The van der Waals surface area contributed by atoms with Gasteiger partial charge >= 0.3 is 0 Å². The van der Waals surface area contributed by atoms with Crippen LogP contribution in [0.5, 0.6) is 11.5 Å². The van der Waals surface area contributed by atoms with Crippen molar-refractivity contribution in [2.75, 3.05) is 34.6 Å². The van der Waals surface area contributed by atoms with Gasteiger partial charge in [-0.05, 0) is 78.1 Å². The fourth-order valence-electron chi connectivity index (χ4n) is 3.47. The molecular formula is C25H23N3O6S2. The molecule has 2 aliphatic rings. The Morgan fingerprint density at radius 3 is 1.39 bits per heavy atom. The molecule has 0 aliphatic carbocycles. The lowest BCUT2D eigenvalue weighted by Crippen LogP contribution is -2.45. The van der Waals surface area contributed by atoms with Gasteiger partial charge in [0.2, 0.25) is 0 Å². The van der Waals surface area contributed by atoms with E-state index in [2.05, 4.69) is 0 Å². The van der Waals surface area contributed by atoms with Gasteiger partial charge in [-0.2, -0.15) is 0 Å². The van der Waals surface area contributed by atoms with Crippen LogP contribution in [0.3, 0.4) is 0 Å². The van der Waals surface area contributed by atoms with Crippen LogP contribution in [0.25, 0.3) is 12.2 Å². The summed E-state index contributed by atoms with van der Waals surface area (Å²) in [5, 5.41) is -0.833. The van der Waals surface area contributed by atoms with Crippen LogP contribution in [0.4, 0.5) is 9.59 Å². The summed E-state index contributed by atoms with van der Waals surface area (Å²) in [6.07, 6.45) is 3.29. The lowest BCUT2D eigenvalue weighted by atomic mass is 10.2. The van der Waals surface area contributed by atoms with E-state index in [1.165, 1.54) is 0 Å². The predicted octanol–water partition coefficient (Wildman–Crippen LogP) is 4.32. The van der Waals surface area contributed by atoms with E-state index in [0.29, 0.717) is 21.3 Å². The highest BCUT2D eigenvalue weighted by molar-refractivity contribution is 8.18. The first kappa shape index (κ1) is 25.5. The zero-order chi connectivity index (χ0) is 25.8. The standard InChI is InChI=1S/C25H23N3O6S2/c1-26(14-27-22(29)20(35-24(27)31)12-16-4-8-18(33-2)9-5-16)15-28-23(30)21(36-25(28)32)13-17-6-10-19(34-3)11-7-17/h4-13H,14-15H2,1-3H3/b20-12-,21-13-. The minimum atomic E-state index is -0.429. The molecule has 4 amide bonds. The van der Waals surface area contributed by atoms with Crippen molar-refractivity contribution in [3.63, 3.8) is 0 Å². The highest BCUT2D eigenvalue weighted by Gasteiger charge is 2.38. The van der Waals surface area contributed by atoms with Crippen LogP contribution in [-0.4, -0.2) is 71.6 Å². The Labute approximate surface area is 216 Å². The van der Waals surface area contributed by atoms with Crippen LogP contribution in [0, 0.1) is 0 Å². The van der Waals surface area contributed by atoms with E-state index in [1.54, 1.807) is 86.9 Å². The molecule has 2 fully saturated rings. The van der Waals surface area contributed by atoms with Gasteiger partial charge in [0.25, 0.3) is 22.3 Å². The molecule has 0 radical (unpaired) electrons. The molecule has 2 heterocycles. The Hall–Kier alpha value is -3.54. The van der Waals surface area contributed by atoms with Gasteiger partial charge in [0, 0.05) is 0 Å². The maximum Gasteiger partial charge on any atom is 0.294 e. The van der Waals surface area contributed by atoms with Gasteiger partial charge < -0.3 is 9.47 Å². The van der Waals surface area contributed by atoms with Crippen LogP contribution in [0.1, 0.15) is 11.1 Å². The number of nitrogens with zero attached hydrogens (tertiary/aromatic N) is 3. The van der Waals surface area contributed by atoms with Crippen molar-refractivity contribution >= 4 is 58.0 Å². The van der Waals surface area contributed by atoms with Crippen molar-refractivity contribution in [2.24, 2.45) is 0 Å². The van der Waals surface area contributed by atoms with Gasteiger partial charge in [-0.15, -0.1) is 0 Å². The van der Waals surface area contributed by atoms with Gasteiger partial charge in [-0.25, -0.2) is 0 Å². The summed E-state index contributed by atoms with van der Waals surface area (Å²) >= 11 is 1.70. The second-order valence-electron chi connectivity index (χ2n) is 7.90. The molecule has 0 spiro atoms. The number of ether oxygens (including phenoxy) is 2. The van der Waals surface area contributed by atoms with E-state index in [9.17, 15) is 19.2 Å². The van der Waals surface area contributed by atoms with E-state index < -0.39 is 22.3 Å². The molecule has 0 atom stereocenters. The fourth-order valence-corrected chi connectivity index (χ4v) is 5.14.